The molecule has 1 saturated carbocycles. The van der Waals surface area contributed by atoms with Crippen LogP contribution in [0.25, 0.3) is 0 Å². The van der Waals surface area contributed by atoms with Crippen LogP contribution in [-0.4, -0.2) is 43.7 Å². The molecule has 116 valence electrons. The van der Waals surface area contributed by atoms with Crippen LogP contribution in [0, 0.1) is 5.92 Å². The van der Waals surface area contributed by atoms with Gasteiger partial charge >= 0.3 is 5.97 Å². The summed E-state index contributed by atoms with van der Waals surface area (Å²) < 4.78 is 4.91. The molecule has 0 heterocycles. The van der Waals surface area contributed by atoms with E-state index in [0.29, 0.717) is 18.9 Å². The van der Waals surface area contributed by atoms with Crippen molar-refractivity contribution in [2.24, 2.45) is 11.7 Å². The van der Waals surface area contributed by atoms with E-state index in [9.17, 15) is 9.59 Å². The SMILES string of the molecule is CNC(CC(C)CC(C)(NC1CC1)C(=O)OC)C(N)=O. The summed E-state index contributed by atoms with van der Waals surface area (Å²) in [5.74, 6) is -0.457. The van der Waals surface area contributed by atoms with Gasteiger partial charge in [0.15, 0.2) is 0 Å². The number of rotatable bonds is 9. The molecule has 1 aliphatic carbocycles. The van der Waals surface area contributed by atoms with Gasteiger partial charge in [-0.2, -0.15) is 0 Å². The highest BCUT2D eigenvalue weighted by molar-refractivity contribution is 5.81. The maximum Gasteiger partial charge on any atom is 0.325 e. The zero-order chi connectivity index (χ0) is 15.3. The fraction of sp³-hybridized carbons (Fsp3) is 0.857. The van der Waals surface area contributed by atoms with E-state index in [0.717, 1.165) is 12.8 Å². The first-order valence-electron chi connectivity index (χ1n) is 7.15. The van der Waals surface area contributed by atoms with E-state index < -0.39 is 5.54 Å². The van der Waals surface area contributed by atoms with Crippen molar-refractivity contribution in [2.75, 3.05) is 14.2 Å². The number of hydrogen-bond acceptors (Lipinski definition) is 5. The van der Waals surface area contributed by atoms with Crippen molar-refractivity contribution in [1.29, 1.82) is 0 Å². The predicted molar refractivity (Wildman–Crippen MR) is 77.0 cm³/mol. The lowest BCUT2D eigenvalue weighted by molar-refractivity contribution is -0.148. The van der Waals surface area contributed by atoms with E-state index in [4.69, 9.17) is 10.5 Å². The summed E-state index contributed by atoms with van der Waals surface area (Å²) in [6, 6.07) is 0.0374. The molecule has 0 aromatic rings. The Morgan fingerprint density at radius 3 is 2.45 bits per heavy atom. The Labute approximate surface area is 120 Å². The van der Waals surface area contributed by atoms with Crippen LogP contribution in [0.4, 0.5) is 0 Å². The molecule has 6 nitrogen and oxygen atoms in total. The summed E-state index contributed by atoms with van der Waals surface area (Å²) in [6.07, 6.45) is 3.41. The molecule has 0 aliphatic heterocycles. The monoisotopic (exact) mass is 285 g/mol. The summed E-state index contributed by atoms with van der Waals surface area (Å²) in [5, 5.41) is 6.26. The largest absolute Gasteiger partial charge is 0.468 e. The van der Waals surface area contributed by atoms with Gasteiger partial charge in [0.2, 0.25) is 5.91 Å². The van der Waals surface area contributed by atoms with Crippen molar-refractivity contribution in [2.45, 2.75) is 57.2 Å². The minimum absolute atomic E-state index is 0.162. The Morgan fingerprint density at radius 1 is 1.45 bits per heavy atom. The van der Waals surface area contributed by atoms with Gasteiger partial charge in [0.1, 0.15) is 5.54 Å². The summed E-state index contributed by atoms with van der Waals surface area (Å²) in [5.41, 5.74) is 4.62. The number of likely N-dealkylation sites (N-methyl/N-ethyl adjacent to an activating group) is 1. The molecule has 20 heavy (non-hydrogen) atoms. The van der Waals surface area contributed by atoms with Crippen molar-refractivity contribution < 1.29 is 14.3 Å². The zero-order valence-corrected chi connectivity index (χ0v) is 12.9. The van der Waals surface area contributed by atoms with E-state index in [2.05, 4.69) is 10.6 Å². The summed E-state index contributed by atoms with van der Waals surface area (Å²) >= 11 is 0. The molecule has 6 heteroatoms. The van der Waals surface area contributed by atoms with Gasteiger partial charge in [-0.05, 0) is 45.6 Å². The molecular formula is C14H27N3O3. The second-order valence-corrected chi connectivity index (χ2v) is 6.03. The minimum atomic E-state index is -0.703. The van der Waals surface area contributed by atoms with E-state index in [1.54, 1.807) is 7.05 Å². The van der Waals surface area contributed by atoms with Crippen molar-refractivity contribution in [3.05, 3.63) is 0 Å². The van der Waals surface area contributed by atoms with Gasteiger partial charge in [-0.3, -0.25) is 14.9 Å². The molecule has 0 aromatic heterocycles. The Bertz CT molecular complexity index is 358. The van der Waals surface area contributed by atoms with Crippen LogP contribution in [0.5, 0.6) is 0 Å². The molecule has 0 radical (unpaired) electrons. The van der Waals surface area contributed by atoms with Gasteiger partial charge in [-0.1, -0.05) is 6.92 Å². The van der Waals surface area contributed by atoms with Gasteiger partial charge in [-0.25, -0.2) is 0 Å². The average molecular weight is 285 g/mol. The van der Waals surface area contributed by atoms with Crippen LogP contribution in [0.2, 0.25) is 0 Å². The van der Waals surface area contributed by atoms with Crippen LogP contribution in [0.1, 0.15) is 39.5 Å². The summed E-state index contributed by atoms with van der Waals surface area (Å²) in [7, 11) is 3.11. The first-order valence-corrected chi connectivity index (χ1v) is 7.15. The zero-order valence-electron chi connectivity index (χ0n) is 12.9. The Kier molecular flexibility index (Phi) is 5.95. The highest BCUT2D eigenvalue weighted by Gasteiger charge is 2.40. The molecule has 1 aliphatic rings. The minimum Gasteiger partial charge on any atom is -0.468 e. The number of carbonyl (C=O) groups is 2. The standard InChI is InChI=1S/C14H27N3O3/c1-9(7-11(16-3)12(15)18)8-14(2,13(19)20-4)17-10-5-6-10/h9-11,16-17H,5-8H2,1-4H3,(H2,15,18). The van der Waals surface area contributed by atoms with E-state index in [1.807, 2.05) is 13.8 Å². The lowest BCUT2D eigenvalue weighted by Crippen LogP contribution is -2.52. The fourth-order valence-electron chi connectivity index (χ4n) is 2.66. The van der Waals surface area contributed by atoms with Gasteiger partial charge in [0, 0.05) is 6.04 Å². The third kappa shape index (κ3) is 4.76. The van der Waals surface area contributed by atoms with Gasteiger partial charge < -0.3 is 15.8 Å². The van der Waals surface area contributed by atoms with Gasteiger partial charge in [0.25, 0.3) is 0 Å². The number of nitrogens with one attached hydrogen (secondary N) is 2. The lowest BCUT2D eigenvalue weighted by atomic mass is 9.86. The highest BCUT2D eigenvalue weighted by Crippen LogP contribution is 2.28. The number of nitrogens with two attached hydrogens (primary N) is 1. The molecular weight excluding hydrogens is 258 g/mol. The van der Waals surface area contributed by atoms with Crippen LogP contribution in [0.3, 0.4) is 0 Å². The lowest BCUT2D eigenvalue weighted by Gasteiger charge is -2.31. The van der Waals surface area contributed by atoms with Crippen molar-refractivity contribution in [3.63, 3.8) is 0 Å². The molecule has 3 atom stereocenters. The van der Waals surface area contributed by atoms with Crippen molar-refractivity contribution in [3.8, 4) is 0 Å². The molecule has 1 fully saturated rings. The summed E-state index contributed by atoms with van der Waals surface area (Å²) in [4.78, 5) is 23.3. The number of primary amides is 1. The fourth-order valence-corrected chi connectivity index (χ4v) is 2.66. The third-order valence-corrected chi connectivity index (χ3v) is 3.82. The number of ether oxygens (including phenoxy) is 1. The van der Waals surface area contributed by atoms with Crippen molar-refractivity contribution >= 4 is 11.9 Å². The third-order valence-electron chi connectivity index (χ3n) is 3.82. The molecule has 0 spiro atoms. The first-order chi connectivity index (χ1) is 9.32. The second kappa shape index (κ2) is 7.04. The number of esters is 1. The molecule has 0 aromatic carbocycles. The van der Waals surface area contributed by atoms with Crippen LogP contribution in [-0.2, 0) is 14.3 Å². The number of methoxy groups -OCH3 is 1. The highest BCUT2D eigenvalue weighted by atomic mass is 16.5. The Morgan fingerprint density at radius 2 is 2.05 bits per heavy atom. The van der Waals surface area contributed by atoms with Crippen LogP contribution < -0.4 is 16.4 Å². The summed E-state index contributed by atoms with van der Waals surface area (Å²) in [6.45, 7) is 3.88. The molecule has 4 N–H and O–H groups in total. The molecule has 3 unspecified atom stereocenters. The maximum absolute atomic E-state index is 12.0. The van der Waals surface area contributed by atoms with Crippen molar-refractivity contribution in [1.82, 2.24) is 10.6 Å². The molecule has 1 rings (SSSR count). The Balaban J connectivity index is 2.63. The van der Waals surface area contributed by atoms with Crippen LogP contribution in [0.15, 0.2) is 0 Å². The normalized spacial score (nSPS) is 20.8. The maximum atomic E-state index is 12.0. The number of carbonyl (C=O) groups excluding carboxylic acids is 2. The van der Waals surface area contributed by atoms with E-state index in [-0.39, 0.29) is 23.8 Å². The number of hydrogen-bond donors (Lipinski definition) is 3. The van der Waals surface area contributed by atoms with E-state index in [1.165, 1.54) is 7.11 Å². The Hall–Kier alpha value is -1.14. The first kappa shape index (κ1) is 16.9. The second-order valence-electron chi connectivity index (χ2n) is 6.03. The molecule has 0 bridgehead atoms. The quantitative estimate of drug-likeness (QED) is 0.525. The van der Waals surface area contributed by atoms with Gasteiger partial charge in [-0.15, -0.1) is 0 Å². The van der Waals surface area contributed by atoms with Gasteiger partial charge in [0.05, 0.1) is 13.2 Å². The average Bonchev–Trinajstić information content (AvgIpc) is 3.17. The molecule has 0 saturated heterocycles. The number of amides is 1. The molecule has 1 amide bonds. The smallest absolute Gasteiger partial charge is 0.325 e. The van der Waals surface area contributed by atoms with Crippen LogP contribution >= 0.6 is 0 Å². The topological polar surface area (TPSA) is 93.4 Å². The predicted octanol–water partition coefficient (Wildman–Crippen LogP) is 0.160. The van der Waals surface area contributed by atoms with E-state index >= 15 is 0 Å².